The fraction of sp³-hybridized carbons (Fsp3) is 0.500. The first kappa shape index (κ1) is 14.6. The van der Waals surface area contributed by atoms with Crippen LogP contribution in [0.4, 0.5) is 5.82 Å². The fourth-order valence-electron chi connectivity index (χ4n) is 2.27. The first-order valence-corrected chi connectivity index (χ1v) is 7.40. The normalized spacial score (nSPS) is 11.2. The maximum absolute atomic E-state index is 12.1. The summed E-state index contributed by atoms with van der Waals surface area (Å²) in [6, 6.07) is 5.86. The van der Waals surface area contributed by atoms with Crippen LogP contribution >= 0.6 is 0 Å². The van der Waals surface area contributed by atoms with Crippen LogP contribution in [0.3, 0.4) is 0 Å². The van der Waals surface area contributed by atoms with Gasteiger partial charge in [-0.1, -0.05) is 39.7 Å². The molecule has 0 aromatic carbocycles. The molecular formula is C16H23N3O. The van der Waals surface area contributed by atoms with Gasteiger partial charge in [-0.3, -0.25) is 9.20 Å². The molecule has 0 bridgehead atoms. The minimum Gasteiger partial charge on any atom is -0.310 e. The zero-order valence-corrected chi connectivity index (χ0v) is 12.5. The lowest BCUT2D eigenvalue weighted by atomic mass is 10.1. The van der Waals surface area contributed by atoms with Crippen LogP contribution in [0.1, 0.15) is 58.1 Å². The van der Waals surface area contributed by atoms with E-state index in [9.17, 15) is 4.79 Å². The van der Waals surface area contributed by atoms with Crippen molar-refractivity contribution in [3.63, 3.8) is 0 Å². The molecule has 4 nitrogen and oxygen atoms in total. The maximum Gasteiger partial charge on any atom is 0.225 e. The van der Waals surface area contributed by atoms with Crippen LogP contribution in [-0.2, 0) is 4.79 Å². The minimum atomic E-state index is 0.0750. The Morgan fingerprint density at radius 2 is 2.15 bits per heavy atom. The molecule has 0 spiro atoms. The van der Waals surface area contributed by atoms with E-state index in [4.69, 9.17) is 0 Å². The Labute approximate surface area is 120 Å². The van der Waals surface area contributed by atoms with E-state index >= 15 is 0 Å². The van der Waals surface area contributed by atoms with Gasteiger partial charge in [0.05, 0.1) is 5.69 Å². The molecule has 2 aromatic heterocycles. The largest absolute Gasteiger partial charge is 0.310 e. The number of nitrogens with zero attached hydrogens (tertiary/aromatic N) is 2. The molecule has 2 heterocycles. The number of anilines is 1. The van der Waals surface area contributed by atoms with Gasteiger partial charge in [0.1, 0.15) is 11.5 Å². The standard InChI is InChI=1S/C16H23N3O/c1-4-5-6-10-14(20)18-16-15(12(2)3)17-13-9-7-8-11-19(13)16/h7-9,11-12H,4-6,10H2,1-3H3,(H,18,20). The quantitative estimate of drug-likeness (QED) is 0.809. The highest BCUT2D eigenvalue weighted by Crippen LogP contribution is 2.25. The van der Waals surface area contributed by atoms with Crippen LogP contribution in [0, 0.1) is 0 Å². The van der Waals surface area contributed by atoms with Gasteiger partial charge in [-0.05, 0) is 24.5 Å². The van der Waals surface area contributed by atoms with Gasteiger partial charge in [0.15, 0.2) is 0 Å². The molecule has 0 aliphatic carbocycles. The predicted octanol–water partition coefficient (Wildman–Crippen LogP) is 3.98. The van der Waals surface area contributed by atoms with Crippen molar-refractivity contribution in [1.29, 1.82) is 0 Å². The number of carbonyl (C=O) groups is 1. The second kappa shape index (κ2) is 6.55. The molecular weight excluding hydrogens is 250 g/mol. The third kappa shape index (κ3) is 3.18. The summed E-state index contributed by atoms with van der Waals surface area (Å²) in [4.78, 5) is 16.7. The molecule has 2 aromatic rings. The van der Waals surface area contributed by atoms with Crippen LogP contribution in [0.5, 0.6) is 0 Å². The first-order chi connectivity index (χ1) is 9.63. The Balaban J connectivity index is 2.23. The highest BCUT2D eigenvalue weighted by Gasteiger charge is 2.16. The van der Waals surface area contributed by atoms with E-state index in [0.29, 0.717) is 6.42 Å². The summed E-state index contributed by atoms with van der Waals surface area (Å²) in [5, 5.41) is 3.04. The SMILES string of the molecule is CCCCCC(=O)Nc1c(C(C)C)nc2ccccn12. The highest BCUT2D eigenvalue weighted by atomic mass is 16.1. The number of aromatic nitrogens is 2. The topological polar surface area (TPSA) is 46.4 Å². The summed E-state index contributed by atoms with van der Waals surface area (Å²) in [7, 11) is 0. The minimum absolute atomic E-state index is 0.0750. The van der Waals surface area contributed by atoms with Crippen LogP contribution in [0.2, 0.25) is 0 Å². The lowest BCUT2D eigenvalue weighted by Gasteiger charge is -2.09. The Hall–Kier alpha value is -1.84. The maximum atomic E-state index is 12.1. The number of unbranched alkanes of at least 4 members (excludes halogenated alkanes) is 2. The summed E-state index contributed by atoms with van der Waals surface area (Å²) in [6.45, 7) is 6.32. The molecule has 108 valence electrons. The zero-order valence-electron chi connectivity index (χ0n) is 12.5. The summed E-state index contributed by atoms with van der Waals surface area (Å²) in [5.74, 6) is 1.17. The van der Waals surface area contributed by atoms with Crippen LogP contribution in [0.25, 0.3) is 5.65 Å². The van der Waals surface area contributed by atoms with Crippen LogP contribution < -0.4 is 5.32 Å². The van der Waals surface area contributed by atoms with Crippen molar-refractivity contribution in [3.8, 4) is 0 Å². The molecule has 0 saturated heterocycles. The number of nitrogens with one attached hydrogen (secondary N) is 1. The number of rotatable bonds is 6. The fourth-order valence-corrected chi connectivity index (χ4v) is 2.27. The molecule has 2 rings (SSSR count). The lowest BCUT2D eigenvalue weighted by molar-refractivity contribution is -0.116. The first-order valence-electron chi connectivity index (χ1n) is 7.40. The summed E-state index contributed by atoms with van der Waals surface area (Å²) in [5.41, 5.74) is 1.82. The molecule has 0 radical (unpaired) electrons. The van der Waals surface area contributed by atoms with Crippen molar-refractivity contribution in [1.82, 2.24) is 9.38 Å². The van der Waals surface area contributed by atoms with Gasteiger partial charge >= 0.3 is 0 Å². The molecule has 0 saturated carbocycles. The molecule has 0 unspecified atom stereocenters. The van der Waals surface area contributed by atoms with Crippen LogP contribution in [-0.4, -0.2) is 15.3 Å². The second-order valence-corrected chi connectivity index (χ2v) is 5.43. The Bertz CT molecular complexity index is 586. The summed E-state index contributed by atoms with van der Waals surface area (Å²) >= 11 is 0. The number of hydrogen-bond acceptors (Lipinski definition) is 2. The highest BCUT2D eigenvalue weighted by molar-refractivity contribution is 5.91. The van der Waals surface area contributed by atoms with Crippen LogP contribution in [0.15, 0.2) is 24.4 Å². The molecule has 0 atom stereocenters. The van der Waals surface area contributed by atoms with Gasteiger partial charge in [-0.15, -0.1) is 0 Å². The van der Waals surface area contributed by atoms with Crippen molar-refractivity contribution in [3.05, 3.63) is 30.1 Å². The van der Waals surface area contributed by atoms with E-state index in [-0.39, 0.29) is 11.8 Å². The number of pyridine rings is 1. The van der Waals surface area contributed by atoms with Gasteiger partial charge in [-0.25, -0.2) is 4.98 Å². The van der Waals surface area contributed by atoms with E-state index < -0.39 is 0 Å². The lowest BCUT2D eigenvalue weighted by Crippen LogP contribution is -2.14. The van der Waals surface area contributed by atoms with Crippen molar-refractivity contribution in [2.24, 2.45) is 0 Å². The van der Waals surface area contributed by atoms with E-state index in [1.54, 1.807) is 0 Å². The molecule has 1 N–H and O–H groups in total. The number of fused-ring (bicyclic) bond motifs is 1. The van der Waals surface area contributed by atoms with Crippen molar-refractivity contribution in [2.45, 2.75) is 52.4 Å². The van der Waals surface area contributed by atoms with E-state index in [1.165, 1.54) is 0 Å². The molecule has 0 fully saturated rings. The second-order valence-electron chi connectivity index (χ2n) is 5.43. The Morgan fingerprint density at radius 3 is 2.85 bits per heavy atom. The molecule has 0 aliphatic heterocycles. The summed E-state index contributed by atoms with van der Waals surface area (Å²) < 4.78 is 1.95. The number of hydrogen-bond donors (Lipinski definition) is 1. The monoisotopic (exact) mass is 273 g/mol. The van der Waals surface area contributed by atoms with Gasteiger partial charge < -0.3 is 5.32 Å². The molecule has 20 heavy (non-hydrogen) atoms. The van der Waals surface area contributed by atoms with Crippen molar-refractivity contribution in [2.75, 3.05) is 5.32 Å². The zero-order chi connectivity index (χ0) is 14.5. The van der Waals surface area contributed by atoms with E-state index in [0.717, 1.165) is 36.4 Å². The van der Waals surface area contributed by atoms with Gasteiger partial charge in [0.2, 0.25) is 5.91 Å². The molecule has 1 amide bonds. The third-order valence-electron chi connectivity index (χ3n) is 3.37. The average Bonchev–Trinajstić information content (AvgIpc) is 2.78. The number of imidazole rings is 1. The van der Waals surface area contributed by atoms with Gasteiger partial charge in [0, 0.05) is 12.6 Å². The Kier molecular flexibility index (Phi) is 4.77. The van der Waals surface area contributed by atoms with Crippen molar-refractivity contribution < 1.29 is 4.79 Å². The third-order valence-corrected chi connectivity index (χ3v) is 3.37. The van der Waals surface area contributed by atoms with Crippen molar-refractivity contribution >= 4 is 17.4 Å². The van der Waals surface area contributed by atoms with Gasteiger partial charge in [-0.2, -0.15) is 0 Å². The van der Waals surface area contributed by atoms with Gasteiger partial charge in [0.25, 0.3) is 0 Å². The number of amides is 1. The van der Waals surface area contributed by atoms with E-state index in [1.807, 2.05) is 28.8 Å². The number of carbonyl (C=O) groups excluding carboxylic acids is 1. The average molecular weight is 273 g/mol. The molecule has 4 heteroatoms. The smallest absolute Gasteiger partial charge is 0.225 e. The Morgan fingerprint density at radius 1 is 1.35 bits per heavy atom. The summed E-state index contributed by atoms with van der Waals surface area (Å²) in [6.07, 6.45) is 5.68. The molecule has 0 aliphatic rings. The van der Waals surface area contributed by atoms with E-state index in [2.05, 4.69) is 31.1 Å². The predicted molar refractivity (Wildman–Crippen MR) is 82.1 cm³/mol.